The fraction of sp³-hybridized carbons (Fsp3) is 0.312. The van der Waals surface area contributed by atoms with Gasteiger partial charge in [0.25, 0.3) is 6.43 Å². The third-order valence-electron chi connectivity index (χ3n) is 3.68. The number of rotatable bonds is 5. The fourth-order valence-corrected chi connectivity index (χ4v) is 2.59. The van der Waals surface area contributed by atoms with Crippen molar-refractivity contribution in [1.29, 1.82) is 0 Å². The number of fused-ring (bicyclic) bond motifs is 1. The van der Waals surface area contributed by atoms with E-state index in [0.29, 0.717) is 10.7 Å². The molecule has 0 aliphatic rings. The van der Waals surface area contributed by atoms with Crippen LogP contribution in [0.4, 0.5) is 8.78 Å². The molecule has 3 heterocycles. The highest BCUT2D eigenvalue weighted by Gasteiger charge is 2.15. The zero-order valence-electron chi connectivity index (χ0n) is 13.1. The van der Waals surface area contributed by atoms with Crippen molar-refractivity contribution in [3.63, 3.8) is 0 Å². The zero-order chi connectivity index (χ0) is 17.3. The summed E-state index contributed by atoms with van der Waals surface area (Å²) in [6.07, 6.45) is 2.50. The molecule has 24 heavy (non-hydrogen) atoms. The van der Waals surface area contributed by atoms with E-state index in [4.69, 9.17) is 16.3 Å². The van der Waals surface area contributed by atoms with Gasteiger partial charge in [-0.15, -0.1) is 0 Å². The average Bonchev–Trinajstić information content (AvgIpc) is 2.98. The highest BCUT2D eigenvalue weighted by atomic mass is 35.5. The number of alkyl halides is 2. The second kappa shape index (κ2) is 6.68. The first-order chi connectivity index (χ1) is 11.5. The van der Waals surface area contributed by atoms with Gasteiger partial charge in [0.05, 0.1) is 16.9 Å². The van der Waals surface area contributed by atoms with Crippen LogP contribution in [0.3, 0.4) is 0 Å². The summed E-state index contributed by atoms with van der Waals surface area (Å²) < 4.78 is 31.2. The molecule has 3 rings (SSSR count). The molecular formula is C16H15ClF2N4O. The van der Waals surface area contributed by atoms with Gasteiger partial charge in [0.2, 0.25) is 5.88 Å². The molecule has 126 valence electrons. The molecule has 1 atom stereocenters. The smallest absolute Gasteiger partial charge is 0.272 e. The van der Waals surface area contributed by atoms with E-state index in [2.05, 4.69) is 15.1 Å². The van der Waals surface area contributed by atoms with Crippen LogP contribution in [0, 0.1) is 6.92 Å². The number of hydrogen-bond acceptors (Lipinski definition) is 4. The van der Waals surface area contributed by atoms with Crippen molar-refractivity contribution in [2.45, 2.75) is 26.3 Å². The Morgan fingerprint density at radius 3 is 2.79 bits per heavy atom. The second-order valence-electron chi connectivity index (χ2n) is 5.41. The van der Waals surface area contributed by atoms with Gasteiger partial charge in [-0.05, 0) is 31.5 Å². The highest BCUT2D eigenvalue weighted by molar-refractivity contribution is 6.34. The molecule has 0 amide bonds. The van der Waals surface area contributed by atoms with Gasteiger partial charge in [0, 0.05) is 24.2 Å². The van der Waals surface area contributed by atoms with E-state index < -0.39 is 13.0 Å². The Kier molecular flexibility index (Phi) is 4.62. The molecule has 8 heteroatoms. The minimum Gasteiger partial charge on any atom is -0.471 e. The first-order valence-electron chi connectivity index (χ1n) is 7.32. The van der Waals surface area contributed by atoms with Gasteiger partial charge in [-0.1, -0.05) is 11.6 Å². The third-order valence-corrected chi connectivity index (χ3v) is 3.98. The van der Waals surface area contributed by atoms with Crippen LogP contribution in [0.15, 0.2) is 30.7 Å². The van der Waals surface area contributed by atoms with Gasteiger partial charge in [0.15, 0.2) is 6.61 Å². The van der Waals surface area contributed by atoms with Crippen molar-refractivity contribution in [2.75, 3.05) is 6.61 Å². The topological polar surface area (TPSA) is 52.8 Å². The molecular weight excluding hydrogens is 338 g/mol. The highest BCUT2D eigenvalue weighted by Crippen LogP contribution is 2.26. The number of ether oxygens (including phenoxy) is 1. The maximum atomic E-state index is 12.2. The largest absolute Gasteiger partial charge is 0.471 e. The Morgan fingerprint density at radius 2 is 2.12 bits per heavy atom. The lowest BCUT2D eigenvalue weighted by atomic mass is 10.1. The van der Waals surface area contributed by atoms with Crippen LogP contribution < -0.4 is 4.74 Å². The van der Waals surface area contributed by atoms with Crippen LogP contribution in [-0.4, -0.2) is 32.8 Å². The Bertz CT molecular complexity index is 868. The summed E-state index contributed by atoms with van der Waals surface area (Å²) in [5.41, 5.74) is 2.33. The minimum atomic E-state index is -2.53. The van der Waals surface area contributed by atoms with Gasteiger partial charge >= 0.3 is 0 Å². The van der Waals surface area contributed by atoms with E-state index in [0.717, 1.165) is 16.5 Å². The SMILES string of the molecule is Cc1cc(C(C)n2cc3c(Cl)nccc3n2)cnc1OCC(F)F. The molecule has 0 aliphatic carbocycles. The van der Waals surface area contributed by atoms with Crippen molar-refractivity contribution in [1.82, 2.24) is 19.7 Å². The van der Waals surface area contributed by atoms with Crippen LogP contribution >= 0.6 is 11.6 Å². The summed E-state index contributed by atoms with van der Waals surface area (Å²) in [6.45, 7) is 3.06. The minimum absolute atomic E-state index is 0.108. The van der Waals surface area contributed by atoms with E-state index in [1.54, 1.807) is 30.1 Å². The number of hydrogen-bond donors (Lipinski definition) is 0. The molecule has 3 aromatic heterocycles. The van der Waals surface area contributed by atoms with Crippen LogP contribution in [0.25, 0.3) is 10.9 Å². The first-order valence-corrected chi connectivity index (χ1v) is 7.70. The van der Waals surface area contributed by atoms with Crippen LogP contribution in [0.1, 0.15) is 24.1 Å². The maximum absolute atomic E-state index is 12.2. The van der Waals surface area contributed by atoms with Crippen LogP contribution in [0.5, 0.6) is 5.88 Å². The lowest BCUT2D eigenvalue weighted by molar-refractivity contribution is 0.0792. The molecule has 0 aliphatic heterocycles. The summed E-state index contributed by atoms with van der Waals surface area (Å²) >= 11 is 6.07. The normalized spacial score (nSPS) is 12.8. The van der Waals surface area contributed by atoms with Crippen LogP contribution in [-0.2, 0) is 0 Å². The Labute approximate surface area is 142 Å². The molecule has 0 spiro atoms. The van der Waals surface area contributed by atoms with E-state index in [-0.39, 0.29) is 11.9 Å². The van der Waals surface area contributed by atoms with Crippen molar-refractivity contribution < 1.29 is 13.5 Å². The van der Waals surface area contributed by atoms with Gasteiger partial charge in [-0.3, -0.25) is 4.68 Å². The molecule has 0 saturated carbocycles. The summed E-state index contributed by atoms with van der Waals surface area (Å²) in [7, 11) is 0. The third kappa shape index (κ3) is 3.31. The summed E-state index contributed by atoms with van der Waals surface area (Å²) in [5.74, 6) is 0.212. The Balaban J connectivity index is 1.87. The molecule has 0 aromatic carbocycles. The van der Waals surface area contributed by atoms with Gasteiger partial charge in [0.1, 0.15) is 5.15 Å². The van der Waals surface area contributed by atoms with E-state index in [9.17, 15) is 8.78 Å². The monoisotopic (exact) mass is 352 g/mol. The molecule has 0 saturated heterocycles. The van der Waals surface area contributed by atoms with Crippen molar-refractivity contribution in [3.8, 4) is 5.88 Å². The summed E-state index contributed by atoms with van der Waals surface area (Å²) in [6, 6.07) is 3.53. The predicted octanol–water partition coefficient (Wildman–Crippen LogP) is 4.04. The molecule has 0 N–H and O–H groups in total. The van der Waals surface area contributed by atoms with E-state index in [1.165, 1.54) is 0 Å². The molecule has 3 aromatic rings. The summed E-state index contributed by atoms with van der Waals surface area (Å²) in [5, 5.41) is 5.67. The van der Waals surface area contributed by atoms with Crippen LogP contribution in [0.2, 0.25) is 5.15 Å². The molecule has 1 unspecified atom stereocenters. The Morgan fingerprint density at radius 1 is 1.33 bits per heavy atom. The van der Waals surface area contributed by atoms with Gasteiger partial charge in [-0.2, -0.15) is 5.10 Å². The van der Waals surface area contributed by atoms with Crippen molar-refractivity contribution in [3.05, 3.63) is 47.0 Å². The number of nitrogens with zero attached hydrogens (tertiary/aromatic N) is 4. The van der Waals surface area contributed by atoms with Gasteiger partial charge < -0.3 is 4.74 Å². The predicted molar refractivity (Wildman–Crippen MR) is 86.8 cm³/mol. The number of halogens is 3. The lowest BCUT2D eigenvalue weighted by Crippen LogP contribution is -2.11. The quantitative estimate of drug-likeness (QED) is 0.650. The zero-order valence-corrected chi connectivity index (χ0v) is 13.8. The molecule has 5 nitrogen and oxygen atoms in total. The number of aryl methyl sites for hydroxylation is 1. The lowest BCUT2D eigenvalue weighted by Gasteiger charge is -2.14. The first kappa shape index (κ1) is 16.6. The summed E-state index contributed by atoms with van der Waals surface area (Å²) in [4.78, 5) is 8.17. The van der Waals surface area contributed by atoms with Crippen molar-refractivity contribution >= 4 is 22.5 Å². The molecule has 0 radical (unpaired) electrons. The number of pyridine rings is 2. The molecule has 0 bridgehead atoms. The van der Waals surface area contributed by atoms with Gasteiger partial charge in [-0.25, -0.2) is 18.7 Å². The fourth-order valence-electron chi connectivity index (χ4n) is 2.39. The standard InChI is InChI=1S/C16H15ClF2N4O/c1-9-5-11(6-21-16(9)24-8-14(18)19)10(2)23-7-12-13(22-23)3-4-20-15(12)17/h3-7,10,14H,8H2,1-2H3. The second-order valence-corrected chi connectivity index (χ2v) is 5.77. The van der Waals surface area contributed by atoms with E-state index in [1.807, 2.05) is 19.2 Å². The maximum Gasteiger partial charge on any atom is 0.272 e. The van der Waals surface area contributed by atoms with Crippen molar-refractivity contribution in [2.24, 2.45) is 0 Å². The Hall–Kier alpha value is -2.28. The number of aromatic nitrogens is 4. The average molecular weight is 353 g/mol. The van der Waals surface area contributed by atoms with E-state index >= 15 is 0 Å². The molecule has 0 fully saturated rings.